The number of carbonyl (C=O) groups excluding carboxylic acids is 1. The highest BCUT2D eigenvalue weighted by Gasteiger charge is 2.15. The predicted octanol–water partition coefficient (Wildman–Crippen LogP) is 4.27. The monoisotopic (exact) mass is 262 g/mol. The molecule has 0 N–H and O–H groups in total. The second-order valence-corrected chi connectivity index (χ2v) is 4.36. The van der Waals surface area contributed by atoms with Gasteiger partial charge < -0.3 is 0 Å². The summed E-state index contributed by atoms with van der Waals surface area (Å²) in [7, 11) is 0. The van der Waals surface area contributed by atoms with Crippen LogP contribution >= 0.6 is 11.6 Å². The first-order valence-electron chi connectivity index (χ1n) is 5.71. The Kier molecular flexibility index (Phi) is 3.78. The summed E-state index contributed by atoms with van der Waals surface area (Å²) < 4.78 is 13.3. The molecule has 2 aromatic carbocycles. The van der Waals surface area contributed by atoms with E-state index < -0.39 is 5.82 Å². The Balaban J connectivity index is 2.44. The van der Waals surface area contributed by atoms with Crippen molar-refractivity contribution in [3.05, 3.63) is 70.0 Å². The molecule has 0 amide bonds. The van der Waals surface area contributed by atoms with Crippen molar-refractivity contribution in [2.24, 2.45) is 0 Å². The highest BCUT2D eigenvalue weighted by atomic mass is 35.5. The zero-order valence-corrected chi connectivity index (χ0v) is 10.7. The van der Waals surface area contributed by atoms with Crippen molar-refractivity contribution in [1.82, 2.24) is 0 Å². The number of hydrogen-bond donors (Lipinski definition) is 0. The number of benzene rings is 2. The smallest absolute Gasteiger partial charge is 0.194 e. The molecule has 18 heavy (non-hydrogen) atoms. The largest absolute Gasteiger partial charge is 0.289 e. The maximum atomic E-state index is 13.3. The van der Waals surface area contributed by atoms with Crippen LogP contribution in [0.25, 0.3) is 0 Å². The first kappa shape index (κ1) is 12.8. The molecule has 0 atom stereocenters. The standard InChI is InChI=1S/C15H12ClFO/c1-2-10-5-3-6-11(9-10)15(18)12-7-4-8-13(17)14(12)16/h3-9H,2H2,1H3. The van der Waals surface area contributed by atoms with Crippen molar-refractivity contribution in [3.8, 4) is 0 Å². The van der Waals surface area contributed by atoms with E-state index in [-0.39, 0.29) is 16.4 Å². The van der Waals surface area contributed by atoms with Crippen LogP contribution in [0, 0.1) is 5.82 Å². The number of hydrogen-bond acceptors (Lipinski definition) is 1. The third-order valence-electron chi connectivity index (χ3n) is 2.79. The van der Waals surface area contributed by atoms with Gasteiger partial charge in [-0.3, -0.25) is 4.79 Å². The Hall–Kier alpha value is -1.67. The third-order valence-corrected chi connectivity index (χ3v) is 3.18. The van der Waals surface area contributed by atoms with Crippen molar-refractivity contribution < 1.29 is 9.18 Å². The Morgan fingerprint density at radius 3 is 2.67 bits per heavy atom. The van der Waals surface area contributed by atoms with Crippen LogP contribution in [0.1, 0.15) is 28.4 Å². The second-order valence-electron chi connectivity index (χ2n) is 3.98. The van der Waals surface area contributed by atoms with Gasteiger partial charge in [0.2, 0.25) is 0 Å². The minimum Gasteiger partial charge on any atom is -0.289 e. The summed E-state index contributed by atoms with van der Waals surface area (Å²) in [6.07, 6.45) is 0.845. The molecule has 1 nitrogen and oxygen atoms in total. The third kappa shape index (κ3) is 2.44. The highest BCUT2D eigenvalue weighted by molar-refractivity contribution is 6.35. The molecule has 0 saturated carbocycles. The molecule has 3 heteroatoms. The van der Waals surface area contributed by atoms with E-state index >= 15 is 0 Å². The maximum Gasteiger partial charge on any atom is 0.194 e. The van der Waals surface area contributed by atoms with Crippen LogP contribution in [-0.2, 0) is 6.42 Å². The highest BCUT2D eigenvalue weighted by Crippen LogP contribution is 2.22. The van der Waals surface area contributed by atoms with E-state index in [1.807, 2.05) is 25.1 Å². The van der Waals surface area contributed by atoms with Crippen LogP contribution in [-0.4, -0.2) is 5.78 Å². The van der Waals surface area contributed by atoms with Crippen molar-refractivity contribution in [2.45, 2.75) is 13.3 Å². The van der Waals surface area contributed by atoms with Crippen molar-refractivity contribution in [3.63, 3.8) is 0 Å². The minimum atomic E-state index is -0.575. The Labute approximate surface area is 110 Å². The van der Waals surface area contributed by atoms with Gasteiger partial charge >= 0.3 is 0 Å². The molecular weight excluding hydrogens is 251 g/mol. The normalized spacial score (nSPS) is 10.4. The van der Waals surface area contributed by atoms with Gasteiger partial charge in [-0.1, -0.05) is 42.8 Å². The summed E-state index contributed by atoms with van der Waals surface area (Å²) in [4.78, 5) is 12.2. The van der Waals surface area contributed by atoms with Crippen LogP contribution in [0.5, 0.6) is 0 Å². The number of rotatable bonds is 3. The summed E-state index contributed by atoms with van der Waals surface area (Å²) in [5, 5.41) is -0.121. The lowest BCUT2D eigenvalue weighted by atomic mass is 10.0. The van der Waals surface area contributed by atoms with E-state index in [0.717, 1.165) is 12.0 Å². The quantitative estimate of drug-likeness (QED) is 0.755. The zero-order chi connectivity index (χ0) is 13.1. The van der Waals surface area contributed by atoms with Crippen LogP contribution in [0.4, 0.5) is 4.39 Å². The molecule has 92 valence electrons. The SMILES string of the molecule is CCc1cccc(C(=O)c2cccc(F)c2Cl)c1. The molecule has 0 aromatic heterocycles. The first-order chi connectivity index (χ1) is 8.63. The molecule has 0 fully saturated rings. The van der Waals surface area contributed by atoms with Gasteiger partial charge in [-0.25, -0.2) is 4.39 Å². The topological polar surface area (TPSA) is 17.1 Å². The lowest BCUT2D eigenvalue weighted by molar-refractivity contribution is 0.103. The fraction of sp³-hybridized carbons (Fsp3) is 0.133. The van der Waals surface area contributed by atoms with Crippen LogP contribution in [0.2, 0.25) is 5.02 Å². The molecule has 2 rings (SSSR count). The van der Waals surface area contributed by atoms with E-state index in [4.69, 9.17) is 11.6 Å². The van der Waals surface area contributed by atoms with Gasteiger partial charge in [-0.2, -0.15) is 0 Å². The number of ketones is 1. The van der Waals surface area contributed by atoms with E-state index in [9.17, 15) is 9.18 Å². The van der Waals surface area contributed by atoms with Gasteiger partial charge in [0.15, 0.2) is 5.78 Å². The van der Waals surface area contributed by atoms with E-state index in [0.29, 0.717) is 5.56 Å². The van der Waals surface area contributed by atoms with Crippen LogP contribution in [0.15, 0.2) is 42.5 Å². The minimum absolute atomic E-state index is 0.121. The summed E-state index contributed by atoms with van der Waals surface area (Å²) in [6.45, 7) is 2.01. The molecular formula is C15H12ClFO. The Morgan fingerprint density at radius 1 is 1.22 bits per heavy atom. The fourth-order valence-electron chi connectivity index (χ4n) is 1.77. The van der Waals surface area contributed by atoms with Crippen LogP contribution in [0.3, 0.4) is 0 Å². The van der Waals surface area contributed by atoms with Crippen molar-refractivity contribution in [2.75, 3.05) is 0 Å². The summed E-state index contributed by atoms with van der Waals surface area (Å²) in [6, 6.07) is 11.5. The molecule has 0 aliphatic heterocycles. The van der Waals surface area contributed by atoms with E-state index in [1.54, 1.807) is 6.07 Å². The average molecular weight is 263 g/mol. The molecule has 0 unspecified atom stereocenters. The van der Waals surface area contributed by atoms with Gasteiger partial charge in [0, 0.05) is 11.1 Å². The van der Waals surface area contributed by atoms with Gasteiger partial charge in [0.1, 0.15) is 5.82 Å². The number of halogens is 2. The van der Waals surface area contributed by atoms with Gasteiger partial charge in [0.05, 0.1) is 5.02 Å². The molecule has 0 spiro atoms. The molecule has 0 saturated heterocycles. The second kappa shape index (κ2) is 5.32. The Morgan fingerprint density at radius 2 is 1.94 bits per heavy atom. The maximum absolute atomic E-state index is 13.3. The molecule has 0 radical (unpaired) electrons. The molecule has 0 bridgehead atoms. The van der Waals surface area contributed by atoms with Crippen molar-refractivity contribution in [1.29, 1.82) is 0 Å². The first-order valence-corrected chi connectivity index (χ1v) is 6.09. The van der Waals surface area contributed by atoms with Crippen molar-refractivity contribution >= 4 is 17.4 Å². The average Bonchev–Trinajstić information content (AvgIpc) is 2.41. The van der Waals surface area contributed by atoms with E-state index in [2.05, 4.69) is 0 Å². The number of carbonyl (C=O) groups is 1. The lowest BCUT2D eigenvalue weighted by Crippen LogP contribution is -2.03. The molecule has 0 aliphatic rings. The fourth-order valence-corrected chi connectivity index (χ4v) is 1.98. The van der Waals surface area contributed by atoms with E-state index in [1.165, 1.54) is 18.2 Å². The van der Waals surface area contributed by atoms with Gasteiger partial charge in [0.25, 0.3) is 0 Å². The van der Waals surface area contributed by atoms with Gasteiger partial charge in [-0.05, 0) is 30.2 Å². The molecule has 2 aromatic rings. The summed E-state index contributed by atoms with van der Waals surface area (Å²) in [5.74, 6) is -0.830. The summed E-state index contributed by atoms with van der Waals surface area (Å²) in [5.41, 5.74) is 1.79. The van der Waals surface area contributed by atoms with Crippen LogP contribution < -0.4 is 0 Å². The lowest BCUT2D eigenvalue weighted by Gasteiger charge is -2.05. The van der Waals surface area contributed by atoms with Gasteiger partial charge in [-0.15, -0.1) is 0 Å². The molecule has 0 heterocycles. The predicted molar refractivity (Wildman–Crippen MR) is 70.7 cm³/mol. The summed E-state index contributed by atoms with van der Waals surface area (Å²) >= 11 is 5.82. The molecule has 0 aliphatic carbocycles. The number of aryl methyl sites for hydroxylation is 1. The zero-order valence-electron chi connectivity index (χ0n) is 9.91. The Bertz CT molecular complexity index is 593.